The summed E-state index contributed by atoms with van der Waals surface area (Å²) in [7, 11) is 3.46. The number of likely N-dealkylation sites (N-methyl/N-ethyl adjacent to an activating group) is 1. The molecule has 1 saturated heterocycles. The molecule has 0 bridgehead atoms. The second-order valence-corrected chi connectivity index (χ2v) is 5.21. The first-order valence-electron chi connectivity index (χ1n) is 6.79. The Balaban J connectivity index is 1.93. The van der Waals surface area contributed by atoms with Gasteiger partial charge < -0.3 is 15.5 Å². The minimum absolute atomic E-state index is 0.00360. The van der Waals surface area contributed by atoms with Crippen LogP contribution in [0.1, 0.15) is 16.9 Å². The molecular weight excluding hydrogens is 276 g/mol. The van der Waals surface area contributed by atoms with E-state index in [2.05, 4.69) is 14.9 Å². The predicted octanol–water partition coefficient (Wildman–Crippen LogP) is -1.11. The largest absolute Gasteiger partial charge is 0.379 e. The van der Waals surface area contributed by atoms with Gasteiger partial charge in [0.25, 0.3) is 5.91 Å². The number of nitrogen functional groups attached to an aromatic ring is 1. The molecule has 2 N–H and O–H groups in total. The second-order valence-electron chi connectivity index (χ2n) is 5.21. The van der Waals surface area contributed by atoms with Gasteiger partial charge in [0, 0.05) is 40.3 Å². The van der Waals surface area contributed by atoms with Crippen LogP contribution in [0.25, 0.3) is 0 Å². The quantitative estimate of drug-likeness (QED) is 0.753. The van der Waals surface area contributed by atoms with Gasteiger partial charge in [-0.25, -0.2) is 4.63 Å². The number of rotatable bonds is 3. The van der Waals surface area contributed by atoms with Crippen molar-refractivity contribution < 1.29 is 14.2 Å². The molecule has 1 aromatic heterocycles. The number of amides is 2. The Hall–Kier alpha value is -2.16. The van der Waals surface area contributed by atoms with E-state index in [1.54, 1.807) is 23.9 Å². The van der Waals surface area contributed by atoms with Crippen molar-refractivity contribution in [2.24, 2.45) is 0 Å². The third-order valence-electron chi connectivity index (χ3n) is 3.45. The van der Waals surface area contributed by atoms with E-state index in [0.717, 1.165) is 13.0 Å². The Bertz CT molecular complexity index is 515. The van der Waals surface area contributed by atoms with Gasteiger partial charge in [0.05, 0.1) is 6.54 Å². The van der Waals surface area contributed by atoms with Crippen LogP contribution >= 0.6 is 0 Å². The van der Waals surface area contributed by atoms with Gasteiger partial charge >= 0.3 is 0 Å². The van der Waals surface area contributed by atoms with Crippen LogP contribution in [0.3, 0.4) is 0 Å². The minimum Gasteiger partial charge on any atom is -0.379 e. The van der Waals surface area contributed by atoms with E-state index in [4.69, 9.17) is 5.73 Å². The van der Waals surface area contributed by atoms with Gasteiger partial charge in [0.1, 0.15) is 0 Å². The zero-order valence-corrected chi connectivity index (χ0v) is 12.3. The molecule has 0 aliphatic carbocycles. The van der Waals surface area contributed by atoms with Crippen LogP contribution in [0.2, 0.25) is 0 Å². The summed E-state index contributed by atoms with van der Waals surface area (Å²) in [6.45, 7) is 2.89. The summed E-state index contributed by atoms with van der Waals surface area (Å²) >= 11 is 0. The average molecular weight is 296 g/mol. The van der Waals surface area contributed by atoms with Gasteiger partial charge in [-0.1, -0.05) is 0 Å². The fourth-order valence-corrected chi connectivity index (χ4v) is 2.16. The van der Waals surface area contributed by atoms with E-state index >= 15 is 0 Å². The molecule has 1 aliphatic heterocycles. The second kappa shape index (κ2) is 6.53. The average Bonchev–Trinajstić information content (AvgIpc) is 2.73. The van der Waals surface area contributed by atoms with Crippen molar-refractivity contribution in [3.05, 3.63) is 5.69 Å². The summed E-state index contributed by atoms with van der Waals surface area (Å²) in [6.07, 6.45) is 0.789. The maximum absolute atomic E-state index is 12.3. The third-order valence-corrected chi connectivity index (χ3v) is 3.45. The van der Waals surface area contributed by atoms with E-state index in [9.17, 15) is 9.59 Å². The summed E-state index contributed by atoms with van der Waals surface area (Å²) in [4.78, 5) is 29.3. The summed E-state index contributed by atoms with van der Waals surface area (Å²) in [5, 5.41) is 6.95. The molecule has 1 aromatic rings. The molecule has 116 valence electrons. The molecule has 1 aliphatic rings. The lowest BCUT2D eigenvalue weighted by Crippen LogP contribution is -2.39. The Morgan fingerprint density at radius 3 is 2.62 bits per heavy atom. The van der Waals surface area contributed by atoms with E-state index < -0.39 is 0 Å². The molecule has 0 unspecified atom stereocenters. The summed E-state index contributed by atoms with van der Waals surface area (Å²) in [6, 6.07) is 0. The number of hydrogen-bond donors (Lipinski definition) is 1. The Kier molecular flexibility index (Phi) is 4.73. The predicted molar refractivity (Wildman–Crippen MR) is 74.4 cm³/mol. The molecule has 2 heterocycles. The summed E-state index contributed by atoms with van der Waals surface area (Å²) < 4.78 is 4.46. The highest BCUT2D eigenvalue weighted by molar-refractivity contribution is 5.96. The third kappa shape index (κ3) is 3.69. The summed E-state index contributed by atoms with van der Waals surface area (Å²) in [5.74, 6) is -0.224. The van der Waals surface area contributed by atoms with Gasteiger partial charge in [-0.3, -0.25) is 14.5 Å². The first kappa shape index (κ1) is 15.2. The maximum atomic E-state index is 12.3. The highest BCUT2D eigenvalue weighted by Gasteiger charge is 2.25. The van der Waals surface area contributed by atoms with Crippen LogP contribution in [0.15, 0.2) is 4.63 Å². The van der Waals surface area contributed by atoms with Crippen LogP contribution in [-0.2, 0) is 4.79 Å². The number of nitrogens with zero attached hydrogens (tertiary/aromatic N) is 5. The minimum atomic E-state index is -0.283. The molecular formula is C12H20N6O3. The van der Waals surface area contributed by atoms with E-state index in [-0.39, 0.29) is 23.3 Å². The number of carbonyl (C=O) groups excluding carboxylic acids is 2. The van der Waals surface area contributed by atoms with E-state index in [1.165, 1.54) is 0 Å². The summed E-state index contributed by atoms with van der Waals surface area (Å²) in [5.41, 5.74) is 5.59. The van der Waals surface area contributed by atoms with Crippen LogP contribution in [-0.4, -0.2) is 83.6 Å². The maximum Gasteiger partial charge on any atom is 0.280 e. The lowest BCUT2D eigenvalue weighted by molar-refractivity contribution is -0.129. The Morgan fingerprint density at radius 2 is 2.00 bits per heavy atom. The normalized spacial score (nSPS) is 16.6. The molecule has 21 heavy (non-hydrogen) atoms. The molecule has 2 rings (SSSR count). The molecule has 0 saturated carbocycles. The van der Waals surface area contributed by atoms with Gasteiger partial charge in [-0.15, -0.1) is 0 Å². The van der Waals surface area contributed by atoms with Crippen LogP contribution in [0.5, 0.6) is 0 Å². The number of hydrogen-bond acceptors (Lipinski definition) is 7. The molecule has 9 heteroatoms. The standard InChI is InChI=1S/C12H20N6O3/c1-16(2)9(19)8-17-4-3-5-18(7-6-17)12(20)10-11(13)15-21-14-10/h3-8H2,1-2H3,(H2,13,15). The van der Waals surface area contributed by atoms with Gasteiger partial charge in [-0.05, 0) is 16.7 Å². The zero-order chi connectivity index (χ0) is 15.4. The van der Waals surface area contributed by atoms with Crippen LogP contribution in [0, 0.1) is 0 Å². The van der Waals surface area contributed by atoms with Crippen LogP contribution < -0.4 is 5.73 Å². The molecule has 9 nitrogen and oxygen atoms in total. The number of carbonyl (C=O) groups is 2. The monoisotopic (exact) mass is 296 g/mol. The van der Waals surface area contributed by atoms with Crippen molar-refractivity contribution in [1.82, 2.24) is 25.0 Å². The Morgan fingerprint density at radius 1 is 1.24 bits per heavy atom. The number of nitrogens with two attached hydrogens (primary N) is 1. The number of anilines is 1. The molecule has 0 atom stereocenters. The fraction of sp³-hybridized carbons (Fsp3) is 0.667. The SMILES string of the molecule is CN(C)C(=O)CN1CCCN(C(=O)c2nonc2N)CC1. The van der Waals surface area contributed by atoms with E-state index in [0.29, 0.717) is 26.2 Å². The van der Waals surface area contributed by atoms with Crippen molar-refractivity contribution in [3.8, 4) is 0 Å². The topological polar surface area (TPSA) is 109 Å². The van der Waals surface area contributed by atoms with Crippen molar-refractivity contribution in [3.63, 3.8) is 0 Å². The van der Waals surface area contributed by atoms with Crippen molar-refractivity contribution >= 4 is 17.6 Å². The van der Waals surface area contributed by atoms with Crippen LogP contribution in [0.4, 0.5) is 5.82 Å². The van der Waals surface area contributed by atoms with Gasteiger partial charge in [0.15, 0.2) is 0 Å². The van der Waals surface area contributed by atoms with Crippen molar-refractivity contribution in [1.29, 1.82) is 0 Å². The highest BCUT2D eigenvalue weighted by Crippen LogP contribution is 2.11. The molecule has 2 amide bonds. The molecule has 0 aromatic carbocycles. The van der Waals surface area contributed by atoms with Gasteiger partial charge in [-0.2, -0.15) is 0 Å². The number of aromatic nitrogens is 2. The Labute approximate surface area is 122 Å². The first-order valence-corrected chi connectivity index (χ1v) is 6.79. The molecule has 1 fully saturated rings. The lowest BCUT2D eigenvalue weighted by atomic mass is 10.3. The molecule has 0 spiro atoms. The first-order chi connectivity index (χ1) is 9.99. The lowest BCUT2D eigenvalue weighted by Gasteiger charge is -2.22. The van der Waals surface area contributed by atoms with Crippen molar-refractivity contribution in [2.45, 2.75) is 6.42 Å². The van der Waals surface area contributed by atoms with E-state index in [1.807, 2.05) is 4.90 Å². The van der Waals surface area contributed by atoms with Gasteiger partial charge in [0.2, 0.25) is 17.4 Å². The highest BCUT2D eigenvalue weighted by atomic mass is 16.6. The smallest absolute Gasteiger partial charge is 0.280 e. The zero-order valence-electron chi connectivity index (χ0n) is 12.3. The fourth-order valence-electron chi connectivity index (χ4n) is 2.16. The molecule has 0 radical (unpaired) electrons. The van der Waals surface area contributed by atoms with Crippen molar-refractivity contribution in [2.75, 3.05) is 52.6 Å².